The molecule has 0 aliphatic carbocycles. The molecule has 35 heavy (non-hydrogen) atoms. The van der Waals surface area contributed by atoms with Crippen LogP contribution in [0.5, 0.6) is 0 Å². The molecule has 6 aromatic carbocycles. The first kappa shape index (κ1) is 22.1. The van der Waals surface area contributed by atoms with Crippen LogP contribution in [0.3, 0.4) is 0 Å². The molecular formula is C32H21Br2N. The van der Waals surface area contributed by atoms with E-state index in [-0.39, 0.29) is 0 Å². The molecule has 0 aromatic heterocycles. The van der Waals surface area contributed by atoms with Crippen LogP contribution in [-0.2, 0) is 0 Å². The lowest BCUT2D eigenvalue weighted by molar-refractivity contribution is 1.28. The van der Waals surface area contributed by atoms with Gasteiger partial charge >= 0.3 is 0 Å². The number of nitrogens with zero attached hydrogens (tertiary/aromatic N) is 1. The first-order valence-corrected chi connectivity index (χ1v) is 13.1. The minimum absolute atomic E-state index is 1.07. The quantitative estimate of drug-likeness (QED) is 0.188. The number of hydrogen-bond acceptors (Lipinski definition) is 1. The largest absolute Gasteiger partial charge is 0.311 e. The summed E-state index contributed by atoms with van der Waals surface area (Å²) in [6, 6.07) is 45.5. The molecule has 0 amide bonds. The molecule has 0 bridgehead atoms. The first-order chi connectivity index (χ1) is 17.1. The summed E-state index contributed by atoms with van der Waals surface area (Å²) in [6.45, 7) is 0. The minimum atomic E-state index is 1.07. The van der Waals surface area contributed by atoms with E-state index in [1.165, 1.54) is 32.7 Å². The second kappa shape index (κ2) is 9.33. The second-order valence-electron chi connectivity index (χ2n) is 8.60. The van der Waals surface area contributed by atoms with Crippen LogP contribution in [0.2, 0.25) is 0 Å². The van der Waals surface area contributed by atoms with Gasteiger partial charge in [-0.05, 0) is 112 Å². The van der Waals surface area contributed by atoms with Gasteiger partial charge in [0, 0.05) is 26.0 Å². The van der Waals surface area contributed by atoms with Gasteiger partial charge in [0.1, 0.15) is 0 Å². The fourth-order valence-electron chi connectivity index (χ4n) is 4.55. The lowest BCUT2D eigenvalue weighted by Gasteiger charge is -2.26. The molecule has 0 saturated heterocycles. The minimum Gasteiger partial charge on any atom is -0.311 e. The molecule has 168 valence electrons. The Kier molecular flexibility index (Phi) is 5.89. The lowest BCUT2D eigenvalue weighted by atomic mass is 9.98. The van der Waals surface area contributed by atoms with E-state index in [0.717, 1.165) is 26.0 Å². The fraction of sp³-hybridized carbons (Fsp3) is 0. The summed E-state index contributed by atoms with van der Waals surface area (Å²) < 4.78 is 2.13. The summed E-state index contributed by atoms with van der Waals surface area (Å²) in [5, 5.41) is 5.07. The molecule has 6 rings (SSSR count). The molecule has 3 heteroatoms. The molecule has 0 heterocycles. The summed E-state index contributed by atoms with van der Waals surface area (Å²) in [4.78, 5) is 2.27. The van der Waals surface area contributed by atoms with Gasteiger partial charge in [0.25, 0.3) is 0 Å². The summed E-state index contributed by atoms with van der Waals surface area (Å²) in [7, 11) is 0. The lowest BCUT2D eigenvalue weighted by Crippen LogP contribution is -2.09. The standard InChI is InChI=1S/C32H21Br2N/c33-28-9-15-31(16-10-28)35(32-17-11-29(34)12-18-32)30-13-7-22(8-14-30)25-5-6-26-19-23-3-1-2-4-24(23)20-27(26)21-25/h1-21H. The van der Waals surface area contributed by atoms with E-state index in [2.05, 4.69) is 164 Å². The van der Waals surface area contributed by atoms with Crippen LogP contribution in [-0.4, -0.2) is 0 Å². The summed E-state index contributed by atoms with van der Waals surface area (Å²) in [5.41, 5.74) is 5.76. The molecular weight excluding hydrogens is 558 g/mol. The number of rotatable bonds is 4. The normalized spacial score (nSPS) is 11.1. The van der Waals surface area contributed by atoms with Crippen LogP contribution >= 0.6 is 31.9 Å². The van der Waals surface area contributed by atoms with Gasteiger partial charge in [-0.25, -0.2) is 0 Å². The molecule has 0 atom stereocenters. The van der Waals surface area contributed by atoms with Crippen LogP contribution in [0, 0.1) is 0 Å². The zero-order valence-electron chi connectivity index (χ0n) is 18.8. The van der Waals surface area contributed by atoms with Crippen molar-refractivity contribution in [2.45, 2.75) is 0 Å². The molecule has 0 aliphatic rings. The summed E-state index contributed by atoms with van der Waals surface area (Å²) in [5.74, 6) is 0. The van der Waals surface area contributed by atoms with Gasteiger partial charge in [-0.1, -0.05) is 80.4 Å². The highest BCUT2D eigenvalue weighted by molar-refractivity contribution is 9.10. The van der Waals surface area contributed by atoms with Crippen LogP contribution in [0.15, 0.2) is 136 Å². The fourth-order valence-corrected chi connectivity index (χ4v) is 5.08. The topological polar surface area (TPSA) is 3.24 Å². The maximum Gasteiger partial charge on any atom is 0.0462 e. The van der Waals surface area contributed by atoms with Gasteiger partial charge in [-0.3, -0.25) is 0 Å². The van der Waals surface area contributed by atoms with E-state index in [1.807, 2.05) is 0 Å². The van der Waals surface area contributed by atoms with Crippen molar-refractivity contribution in [3.63, 3.8) is 0 Å². The molecule has 0 aliphatic heterocycles. The highest BCUT2D eigenvalue weighted by Crippen LogP contribution is 2.37. The van der Waals surface area contributed by atoms with Crippen LogP contribution in [0.4, 0.5) is 17.1 Å². The van der Waals surface area contributed by atoms with Crippen molar-refractivity contribution in [2.24, 2.45) is 0 Å². The second-order valence-corrected chi connectivity index (χ2v) is 10.4. The molecule has 0 radical (unpaired) electrons. The van der Waals surface area contributed by atoms with Gasteiger partial charge in [0.2, 0.25) is 0 Å². The zero-order valence-corrected chi connectivity index (χ0v) is 22.0. The van der Waals surface area contributed by atoms with Crippen molar-refractivity contribution in [3.05, 3.63) is 136 Å². The predicted molar refractivity (Wildman–Crippen MR) is 157 cm³/mol. The maximum absolute atomic E-state index is 3.56. The van der Waals surface area contributed by atoms with Gasteiger partial charge in [-0.2, -0.15) is 0 Å². The van der Waals surface area contributed by atoms with Gasteiger partial charge in [0.15, 0.2) is 0 Å². The number of benzene rings is 6. The molecule has 6 aromatic rings. The van der Waals surface area contributed by atoms with E-state index in [1.54, 1.807) is 0 Å². The smallest absolute Gasteiger partial charge is 0.0462 e. The monoisotopic (exact) mass is 577 g/mol. The number of anilines is 3. The Labute approximate surface area is 221 Å². The molecule has 0 N–H and O–H groups in total. The average molecular weight is 579 g/mol. The van der Waals surface area contributed by atoms with Crippen molar-refractivity contribution in [1.29, 1.82) is 0 Å². The van der Waals surface area contributed by atoms with Crippen LogP contribution in [0.25, 0.3) is 32.7 Å². The Morgan fingerprint density at radius 1 is 0.371 bits per heavy atom. The summed E-state index contributed by atoms with van der Waals surface area (Å²) in [6.07, 6.45) is 0. The van der Waals surface area contributed by atoms with Crippen molar-refractivity contribution in [2.75, 3.05) is 4.90 Å². The number of fused-ring (bicyclic) bond motifs is 2. The van der Waals surface area contributed by atoms with Crippen molar-refractivity contribution >= 4 is 70.5 Å². The van der Waals surface area contributed by atoms with Crippen LogP contribution < -0.4 is 4.90 Å². The first-order valence-electron chi connectivity index (χ1n) is 11.5. The Morgan fingerprint density at radius 2 is 0.800 bits per heavy atom. The van der Waals surface area contributed by atoms with E-state index < -0.39 is 0 Å². The third kappa shape index (κ3) is 4.50. The van der Waals surface area contributed by atoms with E-state index in [9.17, 15) is 0 Å². The Bertz CT molecular complexity index is 1590. The Hall–Kier alpha value is -3.40. The molecule has 0 fully saturated rings. The van der Waals surface area contributed by atoms with E-state index in [0.29, 0.717) is 0 Å². The molecule has 0 saturated carbocycles. The van der Waals surface area contributed by atoms with Crippen LogP contribution in [0.1, 0.15) is 0 Å². The van der Waals surface area contributed by atoms with Crippen molar-refractivity contribution in [3.8, 4) is 11.1 Å². The Morgan fingerprint density at radius 3 is 1.34 bits per heavy atom. The number of hydrogen-bond donors (Lipinski definition) is 0. The highest BCUT2D eigenvalue weighted by Gasteiger charge is 2.13. The predicted octanol–water partition coefficient (Wildman–Crippen LogP) is 10.7. The van der Waals surface area contributed by atoms with Crippen molar-refractivity contribution in [1.82, 2.24) is 0 Å². The van der Waals surface area contributed by atoms with E-state index in [4.69, 9.17) is 0 Å². The molecule has 0 spiro atoms. The zero-order chi connectivity index (χ0) is 23.8. The maximum atomic E-state index is 3.56. The molecule has 1 nitrogen and oxygen atoms in total. The SMILES string of the molecule is Brc1ccc(N(c2ccc(Br)cc2)c2ccc(-c3ccc4cc5ccccc5cc4c3)cc2)cc1. The average Bonchev–Trinajstić information content (AvgIpc) is 2.90. The molecule has 0 unspecified atom stereocenters. The van der Waals surface area contributed by atoms with Gasteiger partial charge in [-0.15, -0.1) is 0 Å². The van der Waals surface area contributed by atoms with Gasteiger partial charge < -0.3 is 4.90 Å². The highest BCUT2D eigenvalue weighted by atomic mass is 79.9. The third-order valence-electron chi connectivity index (χ3n) is 6.33. The number of halogens is 2. The van der Waals surface area contributed by atoms with Gasteiger partial charge in [0.05, 0.1) is 0 Å². The van der Waals surface area contributed by atoms with E-state index >= 15 is 0 Å². The summed E-state index contributed by atoms with van der Waals surface area (Å²) >= 11 is 7.12. The third-order valence-corrected chi connectivity index (χ3v) is 7.39. The Balaban J connectivity index is 1.39. The van der Waals surface area contributed by atoms with Crippen molar-refractivity contribution < 1.29 is 0 Å².